The van der Waals surface area contributed by atoms with Crippen molar-refractivity contribution in [3.8, 4) is 0 Å². The molecule has 3 unspecified atom stereocenters. The summed E-state index contributed by atoms with van der Waals surface area (Å²) in [5.74, 6) is -0.266. The van der Waals surface area contributed by atoms with E-state index in [1.54, 1.807) is 0 Å². The number of aliphatic hydroxyl groups is 1. The fourth-order valence-electron chi connectivity index (χ4n) is 1.58. The molecule has 2 aliphatic rings. The van der Waals surface area contributed by atoms with E-state index < -0.39 is 29.6 Å². The fraction of sp³-hybridized carbons (Fsp3) is 0.455. The van der Waals surface area contributed by atoms with Crippen LogP contribution in [0.4, 0.5) is 4.79 Å². The number of rotatable bonds is 3. The van der Waals surface area contributed by atoms with Crippen molar-refractivity contribution in [3.05, 3.63) is 0 Å². The van der Waals surface area contributed by atoms with Crippen LogP contribution in [-0.4, -0.2) is 64.7 Å². The zero-order valence-corrected chi connectivity index (χ0v) is 12.7. The summed E-state index contributed by atoms with van der Waals surface area (Å²) < 4.78 is 0. The lowest BCUT2D eigenvalue weighted by Gasteiger charge is -2.18. The number of urea groups is 1. The number of hydrogen-bond donors (Lipinski definition) is 4. The van der Waals surface area contributed by atoms with Crippen LogP contribution < -0.4 is 16.4 Å². The molecular formula is C11H15N7O3S. The molecule has 0 bridgehead atoms. The van der Waals surface area contributed by atoms with E-state index >= 15 is 0 Å². The molecule has 22 heavy (non-hydrogen) atoms. The molecule has 0 saturated heterocycles. The third-order valence-electron chi connectivity index (χ3n) is 2.78. The maximum Gasteiger partial charge on any atom is 0.327 e. The van der Waals surface area contributed by atoms with Crippen LogP contribution in [0.3, 0.4) is 0 Å². The Morgan fingerprint density at radius 1 is 1.45 bits per heavy atom. The van der Waals surface area contributed by atoms with Crippen molar-refractivity contribution in [1.82, 2.24) is 10.6 Å². The monoisotopic (exact) mass is 325 g/mol. The highest BCUT2D eigenvalue weighted by molar-refractivity contribution is 7.99. The van der Waals surface area contributed by atoms with Gasteiger partial charge >= 0.3 is 6.03 Å². The van der Waals surface area contributed by atoms with Gasteiger partial charge < -0.3 is 10.8 Å². The van der Waals surface area contributed by atoms with Gasteiger partial charge in [-0.15, -0.1) is 11.8 Å². The van der Waals surface area contributed by atoms with E-state index in [0.717, 1.165) is 0 Å². The molecule has 11 heteroatoms. The lowest BCUT2D eigenvalue weighted by Crippen LogP contribution is -2.53. The Bertz CT molecular complexity index is 611. The first-order chi connectivity index (χ1) is 10.4. The zero-order chi connectivity index (χ0) is 16.3. The lowest BCUT2D eigenvalue weighted by atomic mass is 10.2. The Morgan fingerprint density at radius 2 is 2.18 bits per heavy atom. The zero-order valence-electron chi connectivity index (χ0n) is 11.8. The molecule has 5 N–H and O–H groups in total. The number of aliphatic hydroxyl groups excluding tert-OH is 1. The number of thioether (sulfide) groups is 1. The van der Waals surface area contributed by atoms with Crippen LogP contribution >= 0.6 is 11.8 Å². The van der Waals surface area contributed by atoms with Gasteiger partial charge in [-0.05, 0) is 13.2 Å². The molecule has 0 saturated carbocycles. The summed E-state index contributed by atoms with van der Waals surface area (Å²) in [4.78, 5) is 39.8. The van der Waals surface area contributed by atoms with Crippen LogP contribution in [0, 0.1) is 0 Å². The van der Waals surface area contributed by atoms with Gasteiger partial charge in [-0.25, -0.2) is 24.8 Å². The Hall–Kier alpha value is -2.11. The first-order valence-electron chi connectivity index (χ1n) is 6.27. The van der Waals surface area contributed by atoms with E-state index in [2.05, 4.69) is 25.3 Å². The minimum atomic E-state index is -1.21. The summed E-state index contributed by atoms with van der Waals surface area (Å²) in [6, 6.07) is -2.03. The molecule has 3 amide bonds. The predicted octanol–water partition coefficient (Wildman–Crippen LogP) is -1.54. The lowest BCUT2D eigenvalue weighted by molar-refractivity contribution is -0.123. The molecule has 0 aliphatic carbocycles. The number of carbonyl (C=O) groups excluding carboxylic acids is 2. The topological polar surface area (TPSA) is 154 Å². The highest BCUT2D eigenvalue weighted by Crippen LogP contribution is 2.16. The number of amides is 3. The highest BCUT2D eigenvalue weighted by Gasteiger charge is 2.28. The molecule has 2 heterocycles. The van der Waals surface area contributed by atoms with Crippen LogP contribution in [-0.2, 0) is 4.79 Å². The molecule has 10 nitrogen and oxygen atoms in total. The van der Waals surface area contributed by atoms with Crippen molar-refractivity contribution in [1.29, 1.82) is 0 Å². The second-order valence-electron chi connectivity index (χ2n) is 4.42. The minimum absolute atomic E-state index is 0.165. The van der Waals surface area contributed by atoms with Crippen LogP contribution in [0.15, 0.2) is 20.0 Å². The summed E-state index contributed by atoms with van der Waals surface area (Å²) in [7, 11) is 0. The predicted molar refractivity (Wildman–Crippen MR) is 84.4 cm³/mol. The summed E-state index contributed by atoms with van der Waals surface area (Å²) >= 11 is 1.35. The van der Waals surface area contributed by atoms with E-state index in [-0.39, 0.29) is 5.84 Å². The Kier molecular flexibility index (Phi) is 5.00. The van der Waals surface area contributed by atoms with Gasteiger partial charge in [0, 0.05) is 0 Å². The number of amidine groups is 2. The van der Waals surface area contributed by atoms with Crippen LogP contribution in [0.25, 0.3) is 0 Å². The molecule has 2 rings (SSSR count). The van der Waals surface area contributed by atoms with Crippen molar-refractivity contribution >= 4 is 47.4 Å². The van der Waals surface area contributed by atoms with Crippen molar-refractivity contribution in [2.45, 2.75) is 24.6 Å². The maximum absolute atomic E-state index is 11.8. The first kappa shape index (κ1) is 16.3. The summed E-state index contributed by atoms with van der Waals surface area (Å²) in [5, 5.41) is 13.7. The molecule has 0 aromatic rings. The van der Waals surface area contributed by atoms with Crippen molar-refractivity contribution in [2.75, 3.05) is 6.26 Å². The van der Waals surface area contributed by atoms with Crippen LogP contribution in [0.2, 0.25) is 0 Å². The molecule has 3 atom stereocenters. The van der Waals surface area contributed by atoms with Gasteiger partial charge in [0.25, 0.3) is 0 Å². The van der Waals surface area contributed by atoms with Crippen molar-refractivity contribution in [3.63, 3.8) is 0 Å². The van der Waals surface area contributed by atoms with Gasteiger partial charge in [-0.2, -0.15) is 0 Å². The quantitative estimate of drug-likeness (QED) is 0.495. The largest absolute Gasteiger partial charge is 0.391 e. The standard InChI is InChI=1S/C11H15N7O3S/c1-4(19)5(12)9(20)18-10(21)15-8-6-7(14-3-13-6)16-11(17-8)22-2/h3-5,11,19H,12H2,1-2H3,(H2,15,17,18,20,21). The van der Waals surface area contributed by atoms with Crippen LogP contribution in [0.5, 0.6) is 0 Å². The number of fused-ring (bicyclic) bond motifs is 1. The second-order valence-corrected chi connectivity index (χ2v) is 5.32. The Balaban J connectivity index is 2.02. The number of nitrogens with zero attached hydrogens (tertiary/aromatic N) is 4. The molecule has 0 spiro atoms. The average Bonchev–Trinajstić information content (AvgIpc) is 2.94. The van der Waals surface area contributed by atoms with Gasteiger partial charge in [-0.3, -0.25) is 15.4 Å². The minimum Gasteiger partial charge on any atom is -0.391 e. The van der Waals surface area contributed by atoms with E-state index in [0.29, 0.717) is 11.5 Å². The molecule has 0 aromatic carbocycles. The maximum atomic E-state index is 11.8. The van der Waals surface area contributed by atoms with Crippen molar-refractivity contribution in [2.24, 2.45) is 25.7 Å². The molecule has 0 radical (unpaired) electrons. The van der Waals surface area contributed by atoms with Gasteiger partial charge in [0.05, 0.1) is 6.10 Å². The van der Waals surface area contributed by atoms with Gasteiger partial charge in [0.15, 0.2) is 22.9 Å². The molecule has 0 aromatic heterocycles. The number of imide groups is 1. The summed E-state index contributed by atoms with van der Waals surface area (Å²) in [6.45, 7) is 1.35. The smallest absolute Gasteiger partial charge is 0.327 e. The SMILES string of the molecule is CSC1N=C2N=CN=C2C(NC(=O)NC(=O)C(N)C(C)O)=N1. The third kappa shape index (κ3) is 3.55. The van der Waals surface area contributed by atoms with E-state index in [1.165, 1.54) is 25.0 Å². The van der Waals surface area contributed by atoms with Gasteiger partial charge in [-0.1, -0.05) is 0 Å². The number of aliphatic imine (C=N–C) groups is 4. The summed E-state index contributed by atoms with van der Waals surface area (Å²) in [5.41, 5.74) is 5.31. The number of nitrogens with two attached hydrogens (primary N) is 1. The highest BCUT2D eigenvalue weighted by atomic mass is 32.2. The Morgan fingerprint density at radius 3 is 2.82 bits per heavy atom. The first-order valence-corrected chi connectivity index (χ1v) is 7.56. The van der Waals surface area contributed by atoms with Gasteiger partial charge in [0.1, 0.15) is 12.4 Å². The summed E-state index contributed by atoms with van der Waals surface area (Å²) in [6.07, 6.45) is 2.04. The fourth-order valence-corrected chi connectivity index (χ4v) is 1.99. The number of carbonyl (C=O) groups is 2. The van der Waals surface area contributed by atoms with Crippen LogP contribution in [0.1, 0.15) is 6.92 Å². The van der Waals surface area contributed by atoms with E-state index in [9.17, 15) is 14.7 Å². The van der Waals surface area contributed by atoms with Gasteiger partial charge in [0.2, 0.25) is 5.91 Å². The van der Waals surface area contributed by atoms with E-state index in [4.69, 9.17) is 5.73 Å². The normalized spacial score (nSPS) is 22.0. The molecule has 2 aliphatic heterocycles. The average molecular weight is 325 g/mol. The molecule has 118 valence electrons. The second kappa shape index (κ2) is 6.77. The number of hydrogen-bond acceptors (Lipinski definition) is 9. The van der Waals surface area contributed by atoms with E-state index in [1.807, 2.05) is 11.6 Å². The third-order valence-corrected chi connectivity index (χ3v) is 3.41. The molecular weight excluding hydrogens is 310 g/mol. The number of nitrogens with one attached hydrogen (secondary N) is 2. The van der Waals surface area contributed by atoms with Crippen molar-refractivity contribution < 1.29 is 14.7 Å². The molecule has 0 fully saturated rings. The Labute approximate surface area is 130 Å².